The molecule has 1 heterocycles. The van der Waals surface area contributed by atoms with Crippen molar-refractivity contribution in [2.24, 2.45) is 0 Å². The van der Waals surface area contributed by atoms with E-state index in [-0.39, 0.29) is 0 Å². The van der Waals surface area contributed by atoms with E-state index in [4.69, 9.17) is 13.9 Å². The average molecular weight is 280 g/mol. The van der Waals surface area contributed by atoms with Gasteiger partial charge in [-0.1, -0.05) is 23.9 Å². The molecule has 0 amide bonds. The first kappa shape index (κ1) is 13.9. The van der Waals surface area contributed by atoms with Crippen molar-refractivity contribution >= 4 is 11.8 Å². The molecule has 0 saturated heterocycles. The van der Waals surface area contributed by atoms with Crippen molar-refractivity contribution in [2.45, 2.75) is 12.1 Å². The predicted molar refractivity (Wildman–Crippen MR) is 73.5 cm³/mol. The molecule has 2 rings (SSSR count). The lowest BCUT2D eigenvalue weighted by Crippen LogP contribution is -1.95. The number of thioether (sulfide) groups is 1. The van der Waals surface area contributed by atoms with Crippen molar-refractivity contribution in [1.29, 1.82) is 0 Å². The summed E-state index contributed by atoms with van der Waals surface area (Å²) in [6.45, 7) is 3.36. The first-order valence-electron chi connectivity index (χ1n) is 6.02. The number of hydrogen-bond donors (Lipinski definition) is 0. The molecule has 0 unspecified atom stereocenters. The number of benzene rings is 1. The number of ether oxygens (including phenoxy) is 2. The van der Waals surface area contributed by atoms with Crippen LogP contribution in [0.3, 0.4) is 0 Å². The van der Waals surface area contributed by atoms with Gasteiger partial charge in [-0.25, -0.2) is 0 Å². The molecule has 0 aliphatic heterocycles. The Labute approximate surface area is 116 Å². The highest BCUT2D eigenvalue weighted by Crippen LogP contribution is 2.30. The average Bonchev–Trinajstić information content (AvgIpc) is 2.92. The van der Waals surface area contributed by atoms with Crippen LogP contribution in [0.15, 0.2) is 33.9 Å². The van der Waals surface area contributed by atoms with E-state index in [0.717, 1.165) is 23.7 Å². The molecule has 0 aliphatic rings. The molecule has 0 fully saturated rings. The van der Waals surface area contributed by atoms with Crippen LogP contribution in [0, 0.1) is 0 Å². The van der Waals surface area contributed by atoms with Crippen LogP contribution in [0.1, 0.15) is 6.92 Å². The second-order valence-corrected chi connectivity index (χ2v) is 4.66. The monoisotopic (exact) mass is 280 g/mol. The van der Waals surface area contributed by atoms with Crippen LogP contribution < -0.4 is 4.74 Å². The molecular weight excluding hydrogens is 264 g/mol. The smallest absolute Gasteiger partial charge is 0.276 e. The maximum atomic E-state index is 5.60. The molecule has 19 heavy (non-hydrogen) atoms. The van der Waals surface area contributed by atoms with Crippen LogP contribution in [0.25, 0.3) is 11.5 Å². The molecule has 5 nitrogen and oxygen atoms in total. The van der Waals surface area contributed by atoms with Gasteiger partial charge in [-0.15, -0.1) is 10.2 Å². The van der Waals surface area contributed by atoms with Crippen molar-refractivity contribution in [1.82, 2.24) is 10.2 Å². The molecule has 0 atom stereocenters. The van der Waals surface area contributed by atoms with Gasteiger partial charge in [-0.05, 0) is 19.1 Å². The Balaban J connectivity index is 2.04. The minimum Gasteiger partial charge on any atom is -0.496 e. The summed E-state index contributed by atoms with van der Waals surface area (Å²) >= 11 is 1.48. The molecular formula is C13H16N2O3S. The summed E-state index contributed by atoms with van der Waals surface area (Å²) < 4.78 is 16.1. The van der Waals surface area contributed by atoms with E-state index in [1.165, 1.54) is 11.8 Å². The Morgan fingerprint density at radius 3 is 2.89 bits per heavy atom. The van der Waals surface area contributed by atoms with E-state index in [1.807, 2.05) is 31.2 Å². The fraction of sp³-hybridized carbons (Fsp3) is 0.385. The first-order chi connectivity index (χ1) is 9.35. The van der Waals surface area contributed by atoms with Crippen molar-refractivity contribution in [3.8, 4) is 17.2 Å². The van der Waals surface area contributed by atoms with Gasteiger partial charge in [-0.2, -0.15) is 0 Å². The quantitative estimate of drug-likeness (QED) is 0.574. The molecule has 1 aromatic heterocycles. The zero-order valence-electron chi connectivity index (χ0n) is 11.0. The van der Waals surface area contributed by atoms with Crippen molar-refractivity contribution < 1.29 is 13.9 Å². The van der Waals surface area contributed by atoms with Gasteiger partial charge in [0.25, 0.3) is 11.1 Å². The molecule has 0 radical (unpaired) electrons. The fourth-order valence-corrected chi connectivity index (χ4v) is 2.14. The molecule has 0 bridgehead atoms. The van der Waals surface area contributed by atoms with Gasteiger partial charge in [0.1, 0.15) is 5.75 Å². The molecule has 0 N–H and O–H groups in total. The molecule has 0 saturated carbocycles. The van der Waals surface area contributed by atoms with E-state index >= 15 is 0 Å². The predicted octanol–water partition coefficient (Wildman–Crippen LogP) is 2.87. The summed E-state index contributed by atoms with van der Waals surface area (Å²) in [5.41, 5.74) is 0.800. The lowest BCUT2D eigenvalue weighted by atomic mass is 10.2. The molecule has 6 heteroatoms. The van der Waals surface area contributed by atoms with E-state index < -0.39 is 0 Å². The van der Waals surface area contributed by atoms with Gasteiger partial charge in [0, 0.05) is 12.4 Å². The Morgan fingerprint density at radius 1 is 1.26 bits per heavy atom. The minimum atomic E-state index is 0.469. The Morgan fingerprint density at radius 2 is 2.11 bits per heavy atom. The van der Waals surface area contributed by atoms with Gasteiger partial charge < -0.3 is 13.9 Å². The standard InChI is InChI=1S/C13H16N2O3S/c1-3-17-8-9-19-13-15-14-12(18-13)10-6-4-5-7-11(10)16-2/h4-7H,3,8-9H2,1-2H3. The maximum absolute atomic E-state index is 5.60. The second kappa shape index (κ2) is 7.16. The van der Waals surface area contributed by atoms with Crippen LogP contribution >= 0.6 is 11.8 Å². The summed E-state index contributed by atoms with van der Waals surface area (Å²) in [6, 6.07) is 7.56. The Bertz CT molecular complexity index is 516. The number of methoxy groups -OCH3 is 1. The zero-order chi connectivity index (χ0) is 13.5. The van der Waals surface area contributed by atoms with Crippen LogP contribution in [0.5, 0.6) is 5.75 Å². The summed E-state index contributed by atoms with van der Waals surface area (Å²) in [5.74, 6) is 1.98. The number of rotatable bonds is 7. The van der Waals surface area contributed by atoms with E-state index in [1.54, 1.807) is 7.11 Å². The number of para-hydroxylation sites is 1. The minimum absolute atomic E-state index is 0.469. The highest BCUT2D eigenvalue weighted by Gasteiger charge is 2.12. The van der Waals surface area contributed by atoms with E-state index in [2.05, 4.69) is 10.2 Å². The largest absolute Gasteiger partial charge is 0.496 e. The lowest BCUT2D eigenvalue weighted by Gasteiger charge is -2.03. The number of hydrogen-bond acceptors (Lipinski definition) is 6. The van der Waals surface area contributed by atoms with Gasteiger partial charge in [-0.3, -0.25) is 0 Å². The SMILES string of the molecule is CCOCCSc1nnc(-c2ccccc2OC)o1. The molecule has 0 aliphatic carbocycles. The van der Waals surface area contributed by atoms with Crippen molar-refractivity contribution in [2.75, 3.05) is 26.1 Å². The highest BCUT2D eigenvalue weighted by atomic mass is 32.2. The highest BCUT2D eigenvalue weighted by molar-refractivity contribution is 7.99. The van der Waals surface area contributed by atoms with Gasteiger partial charge in [0.2, 0.25) is 0 Å². The molecule has 1 aromatic carbocycles. The second-order valence-electron chi connectivity index (χ2n) is 3.62. The third-order valence-corrected chi connectivity index (χ3v) is 3.18. The van der Waals surface area contributed by atoms with Crippen LogP contribution in [0.2, 0.25) is 0 Å². The Kier molecular flexibility index (Phi) is 5.23. The van der Waals surface area contributed by atoms with Crippen molar-refractivity contribution in [3.63, 3.8) is 0 Å². The van der Waals surface area contributed by atoms with E-state index in [9.17, 15) is 0 Å². The van der Waals surface area contributed by atoms with Crippen molar-refractivity contribution in [3.05, 3.63) is 24.3 Å². The fourth-order valence-electron chi connectivity index (χ4n) is 1.53. The maximum Gasteiger partial charge on any atom is 0.276 e. The summed E-state index contributed by atoms with van der Waals surface area (Å²) in [5, 5.41) is 8.58. The third kappa shape index (κ3) is 3.71. The summed E-state index contributed by atoms with van der Waals surface area (Å²) in [4.78, 5) is 0. The topological polar surface area (TPSA) is 57.4 Å². The normalized spacial score (nSPS) is 10.6. The summed E-state index contributed by atoms with van der Waals surface area (Å²) in [6.07, 6.45) is 0. The van der Waals surface area contributed by atoms with Gasteiger partial charge in [0.15, 0.2) is 0 Å². The molecule has 0 spiro atoms. The molecule has 2 aromatic rings. The first-order valence-corrected chi connectivity index (χ1v) is 7.01. The van der Waals surface area contributed by atoms with Crippen LogP contribution in [0.4, 0.5) is 0 Å². The number of aromatic nitrogens is 2. The Hall–Kier alpha value is -1.53. The number of nitrogens with zero attached hydrogens (tertiary/aromatic N) is 2. The lowest BCUT2D eigenvalue weighted by molar-refractivity contribution is 0.164. The third-order valence-electron chi connectivity index (χ3n) is 2.40. The zero-order valence-corrected chi connectivity index (χ0v) is 11.8. The van der Waals surface area contributed by atoms with Gasteiger partial charge >= 0.3 is 0 Å². The van der Waals surface area contributed by atoms with Crippen LogP contribution in [-0.4, -0.2) is 36.3 Å². The summed E-state index contributed by atoms with van der Waals surface area (Å²) in [7, 11) is 1.62. The molecule has 102 valence electrons. The van der Waals surface area contributed by atoms with Crippen LogP contribution in [-0.2, 0) is 4.74 Å². The van der Waals surface area contributed by atoms with Gasteiger partial charge in [0.05, 0.1) is 19.3 Å². The van der Waals surface area contributed by atoms with E-state index in [0.29, 0.717) is 17.7 Å².